The van der Waals surface area contributed by atoms with Gasteiger partial charge in [-0.05, 0) is 24.6 Å². The van der Waals surface area contributed by atoms with E-state index in [0.29, 0.717) is 24.0 Å². The molecule has 0 radical (unpaired) electrons. The lowest BCUT2D eigenvalue weighted by Gasteiger charge is -2.20. The van der Waals surface area contributed by atoms with Crippen molar-refractivity contribution in [3.05, 3.63) is 47.8 Å². The molecule has 1 N–H and O–H groups in total. The molecular formula is C16H16N4O2. The molecule has 1 aliphatic rings. The summed E-state index contributed by atoms with van der Waals surface area (Å²) in [7, 11) is 1.59. The minimum absolute atomic E-state index is 0.0917. The van der Waals surface area contributed by atoms with Gasteiger partial charge in [0.25, 0.3) is 0 Å². The predicted molar refractivity (Wildman–Crippen MR) is 80.5 cm³/mol. The van der Waals surface area contributed by atoms with Crippen molar-refractivity contribution in [2.24, 2.45) is 0 Å². The first-order valence-electron chi connectivity index (χ1n) is 7.05. The Morgan fingerprint density at radius 1 is 1.36 bits per heavy atom. The Hall–Kier alpha value is -2.65. The molecule has 0 unspecified atom stereocenters. The summed E-state index contributed by atoms with van der Waals surface area (Å²) in [6, 6.07) is 11.3. The van der Waals surface area contributed by atoms with E-state index < -0.39 is 0 Å². The summed E-state index contributed by atoms with van der Waals surface area (Å²) < 4.78 is 10.9. The van der Waals surface area contributed by atoms with Crippen molar-refractivity contribution in [2.45, 2.75) is 18.6 Å². The number of aromatic nitrogens is 2. The van der Waals surface area contributed by atoms with Crippen LogP contribution in [0.4, 0.5) is 5.82 Å². The molecule has 0 bridgehead atoms. The number of rotatable bonds is 4. The van der Waals surface area contributed by atoms with Crippen LogP contribution in [0.2, 0.25) is 0 Å². The van der Waals surface area contributed by atoms with E-state index in [1.807, 2.05) is 30.3 Å². The van der Waals surface area contributed by atoms with Crippen LogP contribution in [0.15, 0.2) is 36.5 Å². The second-order valence-electron chi connectivity index (χ2n) is 4.98. The summed E-state index contributed by atoms with van der Waals surface area (Å²) in [4.78, 5) is 8.47. The van der Waals surface area contributed by atoms with Crippen molar-refractivity contribution in [3.63, 3.8) is 0 Å². The molecule has 6 nitrogen and oxygen atoms in total. The van der Waals surface area contributed by atoms with Gasteiger partial charge in [0.15, 0.2) is 0 Å². The minimum atomic E-state index is -0.0917. The van der Waals surface area contributed by atoms with Crippen molar-refractivity contribution in [3.8, 4) is 11.9 Å². The maximum Gasteiger partial charge on any atom is 0.212 e. The van der Waals surface area contributed by atoms with E-state index in [9.17, 15) is 0 Å². The number of ether oxygens (including phenoxy) is 2. The highest BCUT2D eigenvalue weighted by Gasteiger charge is 2.30. The average Bonchev–Trinajstić information content (AvgIpc) is 3.03. The molecule has 2 atom stereocenters. The molecule has 3 heterocycles. The third-order valence-electron chi connectivity index (χ3n) is 3.59. The van der Waals surface area contributed by atoms with E-state index in [-0.39, 0.29) is 12.1 Å². The summed E-state index contributed by atoms with van der Waals surface area (Å²) in [6.45, 7) is 0.673. The number of hydrogen-bond donors (Lipinski definition) is 1. The Morgan fingerprint density at radius 3 is 3.00 bits per heavy atom. The second kappa shape index (κ2) is 6.41. The fraction of sp³-hybridized carbons (Fsp3) is 0.312. The smallest absolute Gasteiger partial charge is 0.212 e. The Balaban J connectivity index is 1.76. The monoisotopic (exact) mass is 296 g/mol. The van der Waals surface area contributed by atoms with Crippen LogP contribution in [0.25, 0.3) is 0 Å². The maximum absolute atomic E-state index is 8.92. The molecule has 1 saturated heterocycles. The number of methoxy groups -OCH3 is 1. The number of nitriles is 1. The summed E-state index contributed by atoms with van der Waals surface area (Å²) in [5.74, 6) is 1.26. The van der Waals surface area contributed by atoms with Crippen LogP contribution in [-0.2, 0) is 4.74 Å². The van der Waals surface area contributed by atoms with E-state index in [1.54, 1.807) is 19.4 Å². The van der Waals surface area contributed by atoms with Gasteiger partial charge in [0.1, 0.15) is 23.7 Å². The molecule has 0 amide bonds. The molecule has 2 aromatic rings. The Bertz CT molecular complexity index is 681. The Kier molecular flexibility index (Phi) is 4.17. The largest absolute Gasteiger partial charge is 0.481 e. The first-order chi connectivity index (χ1) is 10.8. The molecule has 2 aromatic heterocycles. The second-order valence-corrected chi connectivity index (χ2v) is 4.98. The van der Waals surface area contributed by atoms with Gasteiger partial charge in [-0.25, -0.2) is 9.97 Å². The van der Waals surface area contributed by atoms with Gasteiger partial charge in [-0.2, -0.15) is 5.26 Å². The lowest BCUT2D eigenvalue weighted by molar-refractivity contribution is 0.107. The average molecular weight is 296 g/mol. The van der Waals surface area contributed by atoms with E-state index in [1.165, 1.54) is 0 Å². The van der Waals surface area contributed by atoms with Gasteiger partial charge in [-0.15, -0.1) is 0 Å². The van der Waals surface area contributed by atoms with Gasteiger partial charge >= 0.3 is 0 Å². The molecule has 22 heavy (non-hydrogen) atoms. The summed E-state index contributed by atoms with van der Waals surface area (Å²) in [5.41, 5.74) is 1.39. The van der Waals surface area contributed by atoms with E-state index >= 15 is 0 Å². The van der Waals surface area contributed by atoms with Crippen LogP contribution in [0, 0.1) is 11.3 Å². The molecule has 1 aliphatic heterocycles. The standard InChI is InChI=1S/C16H16N4O2/c1-21-15-6-5-11(10-18-15)16-13(7-8-22-16)20-14-4-2-3-12(9-17)19-14/h2-6,10,13,16H,7-8H2,1H3,(H,19,20)/t13-,16+/m0/s1. The topological polar surface area (TPSA) is 80.1 Å². The third-order valence-corrected chi connectivity index (χ3v) is 3.59. The number of pyridine rings is 2. The Labute approximate surface area is 128 Å². The molecular weight excluding hydrogens is 280 g/mol. The van der Waals surface area contributed by atoms with Crippen molar-refractivity contribution < 1.29 is 9.47 Å². The highest BCUT2D eigenvalue weighted by Crippen LogP contribution is 2.31. The third kappa shape index (κ3) is 3.00. The zero-order valence-corrected chi connectivity index (χ0v) is 12.2. The first-order valence-corrected chi connectivity index (χ1v) is 7.05. The minimum Gasteiger partial charge on any atom is -0.481 e. The zero-order valence-electron chi connectivity index (χ0n) is 12.2. The van der Waals surface area contributed by atoms with Crippen LogP contribution in [-0.4, -0.2) is 29.7 Å². The molecule has 112 valence electrons. The lowest BCUT2D eigenvalue weighted by Crippen LogP contribution is -2.24. The van der Waals surface area contributed by atoms with E-state index in [0.717, 1.165) is 12.0 Å². The predicted octanol–water partition coefficient (Wildman–Crippen LogP) is 2.30. The molecule has 6 heteroatoms. The van der Waals surface area contributed by atoms with Crippen molar-refractivity contribution in [1.29, 1.82) is 5.26 Å². The summed E-state index contributed by atoms with van der Waals surface area (Å²) >= 11 is 0. The van der Waals surface area contributed by atoms with Crippen molar-refractivity contribution in [1.82, 2.24) is 9.97 Å². The highest BCUT2D eigenvalue weighted by atomic mass is 16.5. The van der Waals surface area contributed by atoms with Crippen LogP contribution < -0.4 is 10.1 Å². The molecule has 0 saturated carbocycles. The van der Waals surface area contributed by atoms with Crippen molar-refractivity contribution >= 4 is 5.82 Å². The zero-order chi connectivity index (χ0) is 15.4. The van der Waals surface area contributed by atoms with Gasteiger partial charge in [0.2, 0.25) is 5.88 Å². The fourth-order valence-corrected chi connectivity index (χ4v) is 2.51. The lowest BCUT2D eigenvalue weighted by atomic mass is 10.0. The van der Waals surface area contributed by atoms with Gasteiger partial charge in [0, 0.05) is 24.4 Å². The number of nitrogens with zero attached hydrogens (tertiary/aromatic N) is 3. The number of hydrogen-bond acceptors (Lipinski definition) is 6. The van der Waals surface area contributed by atoms with Crippen LogP contribution in [0.1, 0.15) is 23.8 Å². The van der Waals surface area contributed by atoms with Gasteiger partial charge in [-0.1, -0.05) is 6.07 Å². The van der Waals surface area contributed by atoms with E-state index in [2.05, 4.69) is 15.3 Å². The molecule has 1 fully saturated rings. The molecule has 0 aromatic carbocycles. The highest BCUT2D eigenvalue weighted by molar-refractivity contribution is 5.40. The Morgan fingerprint density at radius 2 is 2.27 bits per heavy atom. The van der Waals surface area contributed by atoms with Crippen LogP contribution in [0.5, 0.6) is 5.88 Å². The quantitative estimate of drug-likeness (QED) is 0.932. The SMILES string of the molecule is COc1ccc([C@H]2OCC[C@@H]2Nc2cccc(C#N)n2)cn1. The number of anilines is 1. The van der Waals surface area contributed by atoms with Gasteiger partial charge in [-0.3, -0.25) is 0 Å². The van der Waals surface area contributed by atoms with E-state index in [4.69, 9.17) is 14.7 Å². The molecule has 0 spiro atoms. The fourth-order valence-electron chi connectivity index (χ4n) is 2.51. The molecule has 0 aliphatic carbocycles. The van der Waals surface area contributed by atoms with Gasteiger partial charge < -0.3 is 14.8 Å². The number of nitrogens with one attached hydrogen (secondary N) is 1. The summed E-state index contributed by atoms with van der Waals surface area (Å²) in [6.07, 6.45) is 2.54. The summed E-state index contributed by atoms with van der Waals surface area (Å²) in [5, 5.41) is 12.3. The van der Waals surface area contributed by atoms with Crippen molar-refractivity contribution in [2.75, 3.05) is 19.0 Å². The van der Waals surface area contributed by atoms with Crippen LogP contribution in [0.3, 0.4) is 0 Å². The normalized spacial score (nSPS) is 20.4. The first kappa shape index (κ1) is 14.3. The molecule has 3 rings (SSSR count). The van der Waals surface area contributed by atoms with Crippen LogP contribution >= 0.6 is 0 Å². The maximum atomic E-state index is 8.92. The van der Waals surface area contributed by atoms with Gasteiger partial charge in [0.05, 0.1) is 13.2 Å².